The zero-order valence-corrected chi connectivity index (χ0v) is 12.1. The summed E-state index contributed by atoms with van der Waals surface area (Å²) < 4.78 is 5.30. The standard InChI is InChI=1S/C11H26O3Si/c1-9(14-15(7,12)13)11(5,6)8-10(2,3)4/h9,12-13H,8H2,1-7H3. The molecule has 0 spiro atoms. The molecule has 1 unspecified atom stereocenters. The van der Waals surface area contributed by atoms with Crippen LogP contribution in [0, 0.1) is 10.8 Å². The third kappa shape index (κ3) is 7.06. The summed E-state index contributed by atoms with van der Waals surface area (Å²) in [5, 5.41) is 0. The van der Waals surface area contributed by atoms with E-state index in [4.69, 9.17) is 4.43 Å². The lowest BCUT2D eigenvalue weighted by atomic mass is 9.73. The number of hydrogen-bond acceptors (Lipinski definition) is 3. The van der Waals surface area contributed by atoms with Crippen LogP contribution in [-0.2, 0) is 4.43 Å². The first-order valence-electron chi connectivity index (χ1n) is 5.46. The Labute approximate surface area is 94.8 Å². The molecule has 0 heterocycles. The van der Waals surface area contributed by atoms with Gasteiger partial charge in [0.1, 0.15) is 0 Å². The number of hydrogen-bond donors (Lipinski definition) is 2. The summed E-state index contributed by atoms with van der Waals surface area (Å²) in [6, 6.07) is 0. The van der Waals surface area contributed by atoms with E-state index in [2.05, 4.69) is 34.6 Å². The molecule has 4 heteroatoms. The maximum atomic E-state index is 9.32. The fraction of sp³-hybridized carbons (Fsp3) is 1.00. The van der Waals surface area contributed by atoms with Crippen LogP contribution in [-0.4, -0.2) is 24.5 Å². The first kappa shape index (κ1) is 15.1. The van der Waals surface area contributed by atoms with Gasteiger partial charge in [0.2, 0.25) is 0 Å². The van der Waals surface area contributed by atoms with E-state index in [-0.39, 0.29) is 16.9 Å². The van der Waals surface area contributed by atoms with Crippen molar-refractivity contribution in [3.05, 3.63) is 0 Å². The molecule has 0 aliphatic heterocycles. The third-order valence-corrected chi connectivity index (χ3v) is 3.29. The van der Waals surface area contributed by atoms with Crippen LogP contribution in [0.25, 0.3) is 0 Å². The van der Waals surface area contributed by atoms with Gasteiger partial charge >= 0.3 is 8.80 Å². The van der Waals surface area contributed by atoms with E-state index in [0.717, 1.165) is 6.42 Å². The largest absolute Gasteiger partial charge is 0.492 e. The van der Waals surface area contributed by atoms with Crippen LogP contribution in [0.3, 0.4) is 0 Å². The molecule has 0 saturated heterocycles. The van der Waals surface area contributed by atoms with E-state index < -0.39 is 8.80 Å². The Hall–Kier alpha value is 0.0969. The van der Waals surface area contributed by atoms with Gasteiger partial charge in [-0.2, -0.15) is 0 Å². The van der Waals surface area contributed by atoms with Crippen LogP contribution in [0.1, 0.15) is 48.0 Å². The molecule has 0 aromatic rings. The topological polar surface area (TPSA) is 49.7 Å². The van der Waals surface area contributed by atoms with E-state index >= 15 is 0 Å². The molecule has 0 aromatic heterocycles. The summed E-state index contributed by atoms with van der Waals surface area (Å²) in [4.78, 5) is 18.6. The minimum atomic E-state index is -3.41. The van der Waals surface area contributed by atoms with Gasteiger partial charge in [-0.05, 0) is 24.2 Å². The first-order chi connectivity index (χ1) is 6.33. The maximum absolute atomic E-state index is 9.32. The predicted octanol–water partition coefficient (Wildman–Crippen LogP) is 2.41. The van der Waals surface area contributed by atoms with Gasteiger partial charge in [-0.25, -0.2) is 0 Å². The summed E-state index contributed by atoms with van der Waals surface area (Å²) in [5.41, 5.74) is 0.155. The van der Waals surface area contributed by atoms with Gasteiger partial charge in [-0.1, -0.05) is 34.6 Å². The quantitative estimate of drug-likeness (QED) is 0.734. The van der Waals surface area contributed by atoms with Crippen molar-refractivity contribution in [1.82, 2.24) is 0 Å². The molecular weight excluding hydrogens is 208 g/mol. The monoisotopic (exact) mass is 234 g/mol. The zero-order chi connectivity index (χ0) is 12.5. The lowest BCUT2D eigenvalue weighted by molar-refractivity contribution is 0.00709. The van der Waals surface area contributed by atoms with Gasteiger partial charge in [0, 0.05) is 6.55 Å². The van der Waals surface area contributed by atoms with Crippen molar-refractivity contribution in [3.63, 3.8) is 0 Å². The Balaban J connectivity index is 4.46. The molecule has 0 rings (SSSR count). The molecule has 92 valence electrons. The average molecular weight is 234 g/mol. The van der Waals surface area contributed by atoms with Crippen molar-refractivity contribution in [1.29, 1.82) is 0 Å². The molecule has 0 aromatic carbocycles. The molecular formula is C11H26O3Si. The minimum absolute atomic E-state index is 0.0576. The highest BCUT2D eigenvalue weighted by Gasteiger charge is 2.37. The van der Waals surface area contributed by atoms with E-state index in [1.165, 1.54) is 6.55 Å². The average Bonchev–Trinajstić information content (AvgIpc) is 1.75. The van der Waals surface area contributed by atoms with Crippen molar-refractivity contribution < 1.29 is 14.0 Å². The summed E-state index contributed by atoms with van der Waals surface area (Å²) >= 11 is 0. The number of rotatable bonds is 4. The van der Waals surface area contributed by atoms with Crippen molar-refractivity contribution in [2.45, 2.75) is 60.6 Å². The summed E-state index contributed by atoms with van der Waals surface area (Å²) in [7, 11) is -3.41. The van der Waals surface area contributed by atoms with Crippen LogP contribution < -0.4 is 0 Å². The highest BCUT2D eigenvalue weighted by atomic mass is 28.4. The van der Waals surface area contributed by atoms with Crippen molar-refractivity contribution in [2.75, 3.05) is 0 Å². The second-order valence-electron chi connectivity index (χ2n) is 6.42. The summed E-state index contributed by atoms with van der Waals surface area (Å²) in [6.07, 6.45) is 0.828. The van der Waals surface area contributed by atoms with E-state index in [1.54, 1.807) is 0 Å². The minimum Gasteiger partial charge on any atom is -0.390 e. The predicted molar refractivity (Wildman–Crippen MR) is 64.5 cm³/mol. The molecule has 0 saturated carbocycles. The highest BCUT2D eigenvalue weighted by molar-refractivity contribution is 6.56. The van der Waals surface area contributed by atoms with Crippen molar-refractivity contribution >= 4 is 8.80 Å². The van der Waals surface area contributed by atoms with Crippen LogP contribution in [0.15, 0.2) is 0 Å². The molecule has 0 fully saturated rings. The van der Waals surface area contributed by atoms with Gasteiger partial charge in [0.05, 0.1) is 6.10 Å². The van der Waals surface area contributed by atoms with Gasteiger partial charge in [-0.15, -0.1) is 0 Å². The van der Waals surface area contributed by atoms with Crippen LogP contribution in [0.4, 0.5) is 0 Å². The SMILES string of the molecule is CC(O[Si](C)(O)O)C(C)(C)CC(C)(C)C. The van der Waals surface area contributed by atoms with Gasteiger partial charge in [0.25, 0.3) is 0 Å². The summed E-state index contributed by atoms with van der Waals surface area (Å²) in [6.45, 7) is 14.0. The second kappa shape index (κ2) is 4.53. The van der Waals surface area contributed by atoms with Gasteiger partial charge < -0.3 is 14.0 Å². The Bertz CT molecular complexity index is 201. The smallest absolute Gasteiger partial charge is 0.390 e. The molecule has 0 aliphatic rings. The lowest BCUT2D eigenvalue weighted by Gasteiger charge is -2.38. The fourth-order valence-electron chi connectivity index (χ4n) is 2.00. The molecule has 1 atom stereocenters. The molecule has 0 amide bonds. The molecule has 3 nitrogen and oxygen atoms in total. The van der Waals surface area contributed by atoms with Gasteiger partial charge in [0.15, 0.2) is 0 Å². The first-order valence-corrected chi connectivity index (χ1v) is 7.76. The van der Waals surface area contributed by atoms with E-state index in [0.29, 0.717) is 0 Å². The van der Waals surface area contributed by atoms with E-state index in [9.17, 15) is 9.59 Å². The van der Waals surface area contributed by atoms with Crippen molar-refractivity contribution in [2.24, 2.45) is 10.8 Å². The second-order valence-corrected chi connectivity index (χ2v) is 8.52. The fourth-order valence-corrected chi connectivity index (χ4v) is 2.99. The Kier molecular flexibility index (Phi) is 4.56. The van der Waals surface area contributed by atoms with Gasteiger partial charge in [-0.3, -0.25) is 0 Å². The molecule has 0 aliphatic carbocycles. The zero-order valence-electron chi connectivity index (χ0n) is 11.1. The normalized spacial score (nSPS) is 16.6. The van der Waals surface area contributed by atoms with Crippen molar-refractivity contribution in [3.8, 4) is 0 Å². The van der Waals surface area contributed by atoms with Crippen LogP contribution in [0.2, 0.25) is 6.55 Å². The molecule has 2 N–H and O–H groups in total. The maximum Gasteiger partial charge on any atom is 0.492 e. The Morgan fingerprint density at radius 2 is 1.53 bits per heavy atom. The Morgan fingerprint density at radius 1 is 1.13 bits per heavy atom. The van der Waals surface area contributed by atoms with Crippen LogP contribution >= 0.6 is 0 Å². The van der Waals surface area contributed by atoms with Crippen LogP contribution in [0.5, 0.6) is 0 Å². The Morgan fingerprint density at radius 3 is 1.80 bits per heavy atom. The third-order valence-electron chi connectivity index (χ3n) is 2.49. The highest BCUT2D eigenvalue weighted by Crippen LogP contribution is 2.37. The van der Waals surface area contributed by atoms with E-state index in [1.807, 2.05) is 6.92 Å². The molecule has 0 bridgehead atoms. The molecule has 15 heavy (non-hydrogen) atoms. The summed E-state index contributed by atoms with van der Waals surface area (Å²) in [5.74, 6) is 0. The lowest BCUT2D eigenvalue weighted by Crippen LogP contribution is -2.44. The molecule has 0 radical (unpaired) electrons.